The SMILES string of the molecule is C=CCCCCCOCCCC(=O)O. The van der Waals surface area contributed by atoms with E-state index in [0.29, 0.717) is 13.0 Å². The van der Waals surface area contributed by atoms with Crippen molar-refractivity contribution in [2.24, 2.45) is 0 Å². The number of carbonyl (C=O) groups is 1. The van der Waals surface area contributed by atoms with Gasteiger partial charge in [0, 0.05) is 19.6 Å². The first-order valence-electron chi connectivity index (χ1n) is 5.18. The number of ether oxygens (including phenoxy) is 1. The van der Waals surface area contributed by atoms with Crippen LogP contribution < -0.4 is 0 Å². The monoisotopic (exact) mass is 200 g/mol. The lowest BCUT2D eigenvalue weighted by molar-refractivity contribution is -0.137. The maximum Gasteiger partial charge on any atom is 0.303 e. The van der Waals surface area contributed by atoms with Crippen molar-refractivity contribution in [1.82, 2.24) is 0 Å². The average Bonchev–Trinajstić information content (AvgIpc) is 2.15. The van der Waals surface area contributed by atoms with Gasteiger partial charge < -0.3 is 9.84 Å². The van der Waals surface area contributed by atoms with Crippen LogP contribution in [0.3, 0.4) is 0 Å². The molecule has 0 rings (SSSR count). The lowest BCUT2D eigenvalue weighted by atomic mass is 10.2. The largest absolute Gasteiger partial charge is 0.481 e. The molecule has 0 aliphatic rings. The summed E-state index contributed by atoms with van der Waals surface area (Å²) in [6.45, 7) is 4.96. The number of unbranched alkanes of at least 4 members (excludes halogenated alkanes) is 3. The molecule has 0 atom stereocenters. The fourth-order valence-corrected chi connectivity index (χ4v) is 1.10. The summed E-state index contributed by atoms with van der Waals surface area (Å²) in [4.78, 5) is 10.1. The van der Waals surface area contributed by atoms with Crippen LogP contribution in [0.5, 0.6) is 0 Å². The molecule has 0 aromatic rings. The molecule has 0 saturated carbocycles. The zero-order valence-corrected chi connectivity index (χ0v) is 8.71. The highest BCUT2D eigenvalue weighted by molar-refractivity contribution is 5.66. The summed E-state index contributed by atoms with van der Waals surface area (Å²) in [5.41, 5.74) is 0. The van der Waals surface area contributed by atoms with Crippen molar-refractivity contribution in [2.45, 2.75) is 38.5 Å². The third-order valence-electron chi connectivity index (χ3n) is 1.88. The number of aliphatic carboxylic acids is 1. The van der Waals surface area contributed by atoms with E-state index in [4.69, 9.17) is 9.84 Å². The van der Waals surface area contributed by atoms with E-state index in [1.165, 1.54) is 6.42 Å². The first-order chi connectivity index (χ1) is 6.77. The van der Waals surface area contributed by atoms with E-state index < -0.39 is 5.97 Å². The summed E-state index contributed by atoms with van der Waals surface area (Å²) in [6, 6.07) is 0. The summed E-state index contributed by atoms with van der Waals surface area (Å²) in [5, 5.41) is 8.35. The van der Waals surface area contributed by atoms with Gasteiger partial charge in [0.25, 0.3) is 0 Å². The van der Waals surface area contributed by atoms with E-state index in [0.717, 1.165) is 25.9 Å². The predicted molar refractivity (Wildman–Crippen MR) is 56.4 cm³/mol. The molecule has 0 aliphatic heterocycles. The zero-order valence-electron chi connectivity index (χ0n) is 8.71. The van der Waals surface area contributed by atoms with Crippen LogP contribution in [0.2, 0.25) is 0 Å². The predicted octanol–water partition coefficient (Wildman–Crippen LogP) is 2.61. The molecule has 0 aromatic carbocycles. The molecule has 0 heterocycles. The molecule has 82 valence electrons. The zero-order chi connectivity index (χ0) is 10.6. The van der Waals surface area contributed by atoms with Gasteiger partial charge in [-0.25, -0.2) is 0 Å². The number of rotatable bonds is 10. The Balaban J connectivity index is 2.92. The number of carboxylic acid groups (broad SMARTS) is 1. The summed E-state index contributed by atoms with van der Waals surface area (Å²) in [5.74, 6) is -0.750. The highest BCUT2D eigenvalue weighted by Gasteiger charge is 1.95. The first kappa shape index (κ1) is 13.2. The third-order valence-corrected chi connectivity index (χ3v) is 1.88. The molecule has 1 N–H and O–H groups in total. The van der Waals surface area contributed by atoms with Gasteiger partial charge in [-0.3, -0.25) is 4.79 Å². The molecule has 0 saturated heterocycles. The second-order valence-corrected chi connectivity index (χ2v) is 3.25. The summed E-state index contributed by atoms with van der Waals surface area (Å²) >= 11 is 0. The van der Waals surface area contributed by atoms with Crippen molar-refractivity contribution in [2.75, 3.05) is 13.2 Å². The Bertz CT molecular complexity index is 155. The fourth-order valence-electron chi connectivity index (χ4n) is 1.10. The van der Waals surface area contributed by atoms with Crippen molar-refractivity contribution in [1.29, 1.82) is 0 Å². The summed E-state index contributed by atoms with van der Waals surface area (Å²) in [6.07, 6.45) is 7.19. The molecule has 0 aliphatic carbocycles. The molecule has 14 heavy (non-hydrogen) atoms. The van der Waals surface area contributed by atoms with Gasteiger partial charge in [0.2, 0.25) is 0 Å². The Morgan fingerprint density at radius 3 is 2.57 bits per heavy atom. The number of carboxylic acids is 1. The van der Waals surface area contributed by atoms with Gasteiger partial charge in [-0.05, 0) is 25.7 Å². The number of allylic oxidation sites excluding steroid dienone is 1. The quantitative estimate of drug-likeness (QED) is 0.435. The molecular weight excluding hydrogens is 180 g/mol. The smallest absolute Gasteiger partial charge is 0.303 e. The first-order valence-corrected chi connectivity index (χ1v) is 5.18. The van der Waals surface area contributed by atoms with E-state index >= 15 is 0 Å². The van der Waals surface area contributed by atoms with Crippen molar-refractivity contribution in [3.63, 3.8) is 0 Å². The third kappa shape index (κ3) is 11.2. The maximum absolute atomic E-state index is 10.1. The van der Waals surface area contributed by atoms with E-state index in [9.17, 15) is 4.79 Å². The lowest BCUT2D eigenvalue weighted by Crippen LogP contribution is -2.01. The van der Waals surface area contributed by atoms with Gasteiger partial charge in [-0.15, -0.1) is 6.58 Å². The molecule has 0 bridgehead atoms. The standard InChI is InChI=1S/C11H20O3/c1-2-3-4-5-6-9-14-10-7-8-11(12)13/h2H,1,3-10H2,(H,12,13). The van der Waals surface area contributed by atoms with Crippen LogP contribution in [0.15, 0.2) is 12.7 Å². The van der Waals surface area contributed by atoms with Gasteiger partial charge in [0.05, 0.1) is 0 Å². The highest BCUT2D eigenvalue weighted by atomic mass is 16.5. The minimum atomic E-state index is -0.750. The van der Waals surface area contributed by atoms with E-state index in [2.05, 4.69) is 6.58 Å². The molecule has 0 amide bonds. The van der Waals surface area contributed by atoms with Crippen LogP contribution in [0, 0.1) is 0 Å². The maximum atomic E-state index is 10.1. The molecule has 0 radical (unpaired) electrons. The highest BCUT2D eigenvalue weighted by Crippen LogP contribution is 2.00. The number of hydrogen-bond donors (Lipinski definition) is 1. The second-order valence-electron chi connectivity index (χ2n) is 3.25. The molecule has 0 spiro atoms. The van der Waals surface area contributed by atoms with Gasteiger partial charge in [-0.2, -0.15) is 0 Å². The van der Waals surface area contributed by atoms with Gasteiger partial charge in [-0.1, -0.05) is 12.5 Å². The van der Waals surface area contributed by atoms with Crippen LogP contribution in [-0.2, 0) is 9.53 Å². The molecular formula is C11H20O3. The minimum Gasteiger partial charge on any atom is -0.481 e. The fraction of sp³-hybridized carbons (Fsp3) is 0.727. The van der Waals surface area contributed by atoms with E-state index in [-0.39, 0.29) is 6.42 Å². The second kappa shape index (κ2) is 10.3. The van der Waals surface area contributed by atoms with Crippen LogP contribution >= 0.6 is 0 Å². The Morgan fingerprint density at radius 2 is 1.93 bits per heavy atom. The summed E-state index contributed by atoms with van der Waals surface area (Å²) in [7, 11) is 0. The van der Waals surface area contributed by atoms with Crippen molar-refractivity contribution < 1.29 is 14.6 Å². The van der Waals surface area contributed by atoms with E-state index in [1.807, 2.05) is 6.08 Å². The Kier molecular flexibility index (Phi) is 9.64. The van der Waals surface area contributed by atoms with Crippen molar-refractivity contribution in [3.8, 4) is 0 Å². The van der Waals surface area contributed by atoms with Crippen molar-refractivity contribution >= 4 is 5.97 Å². The molecule has 0 aromatic heterocycles. The Labute approximate surface area is 85.8 Å². The lowest BCUT2D eigenvalue weighted by Gasteiger charge is -2.02. The average molecular weight is 200 g/mol. The van der Waals surface area contributed by atoms with Gasteiger partial charge >= 0.3 is 5.97 Å². The normalized spacial score (nSPS) is 10.0. The van der Waals surface area contributed by atoms with E-state index in [1.54, 1.807) is 0 Å². The minimum absolute atomic E-state index is 0.205. The molecule has 0 fully saturated rings. The van der Waals surface area contributed by atoms with Crippen LogP contribution in [0.1, 0.15) is 38.5 Å². The Morgan fingerprint density at radius 1 is 1.21 bits per heavy atom. The summed E-state index contributed by atoms with van der Waals surface area (Å²) < 4.78 is 5.28. The molecule has 3 nitrogen and oxygen atoms in total. The van der Waals surface area contributed by atoms with Gasteiger partial charge in [0.15, 0.2) is 0 Å². The van der Waals surface area contributed by atoms with Gasteiger partial charge in [0.1, 0.15) is 0 Å². The Hall–Kier alpha value is -0.830. The van der Waals surface area contributed by atoms with Crippen molar-refractivity contribution in [3.05, 3.63) is 12.7 Å². The van der Waals surface area contributed by atoms with Crippen LogP contribution in [0.4, 0.5) is 0 Å². The van der Waals surface area contributed by atoms with Crippen LogP contribution in [-0.4, -0.2) is 24.3 Å². The molecule has 0 unspecified atom stereocenters. The number of hydrogen-bond acceptors (Lipinski definition) is 2. The van der Waals surface area contributed by atoms with Crippen LogP contribution in [0.25, 0.3) is 0 Å². The molecule has 3 heteroatoms. The topological polar surface area (TPSA) is 46.5 Å².